The average Bonchev–Trinajstić information content (AvgIpc) is 2.47. The van der Waals surface area contributed by atoms with Crippen LogP contribution in [0.5, 0.6) is 0 Å². The van der Waals surface area contributed by atoms with E-state index in [-0.39, 0.29) is 0 Å². The van der Waals surface area contributed by atoms with Crippen molar-refractivity contribution >= 4 is 0 Å². The third kappa shape index (κ3) is 9.69. The first-order valence-corrected chi connectivity index (χ1v) is 7.83. The highest BCUT2D eigenvalue weighted by molar-refractivity contribution is 5.14. The molecule has 0 unspecified atom stereocenters. The van der Waals surface area contributed by atoms with Gasteiger partial charge in [0.25, 0.3) is 0 Å². The zero-order chi connectivity index (χ0) is 14.3. The van der Waals surface area contributed by atoms with Crippen molar-refractivity contribution in [2.24, 2.45) is 0 Å². The van der Waals surface area contributed by atoms with Gasteiger partial charge in [0.2, 0.25) is 0 Å². The standard InChI is InChI=1S/C15H26N2.C2H6/c1-3-12-17(13-8-11-16-4-2)14-15-9-6-5-7-10-15;1-2/h5-7,9-10,16H,3-4,8,11-14H2,1-2H3;1-2H3. The molecule has 0 radical (unpaired) electrons. The van der Waals surface area contributed by atoms with Gasteiger partial charge in [-0.15, -0.1) is 0 Å². The largest absolute Gasteiger partial charge is 0.317 e. The molecule has 19 heavy (non-hydrogen) atoms. The zero-order valence-electron chi connectivity index (χ0n) is 13.3. The summed E-state index contributed by atoms with van der Waals surface area (Å²) in [7, 11) is 0. The van der Waals surface area contributed by atoms with E-state index in [9.17, 15) is 0 Å². The minimum absolute atomic E-state index is 1.08. The molecule has 0 amide bonds. The summed E-state index contributed by atoms with van der Waals surface area (Å²) in [4.78, 5) is 2.55. The molecule has 2 heteroatoms. The molecule has 0 fully saturated rings. The Hall–Kier alpha value is -0.860. The Bertz CT molecular complexity index is 272. The second-order valence-electron chi connectivity index (χ2n) is 4.47. The molecule has 0 saturated heterocycles. The fraction of sp³-hybridized carbons (Fsp3) is 0.647. The van der Waals surface area contributed by atoms with Gasteiger partial charge in [-0.3, -0.25) is 4.90 Å². The topological polar surface area (TPSA) is 15.3 Å². The summed E-state index contributed by atoms with van der Waals surface area (Å²) in [6, 6.07) is 10.8. The molecular formula is C17H32N2. The van der Waals surface area contributed by atoms with E-state index in [0.29, 0.717) is 0 Å². The third-order valence-electron chi connectivity index (χ3n) is 2.87. The SMILES string of the molecule is CC.CCCN(CCCNCC)Cc1ccccc1. The summed E-state index contributed by atoms with van der Waals surface area (Å²) in [6.07, 6.45) is 2.47. The number of rotatable bonds is 9. The van der Waals surface area contributed by atoms with Crippen LogP contribution in [0.1, 0.15) is 46.1 Å². The first-order valence-electron chi connectivity index (χ1n) is 7.83. The van der Waals surface area contributed by atoms with Crippen molar-refractivity contribution in [3.8, 4) is 0 Å². The lowest BCUT2D eigenvalue weighted by Gasteiger charge is -2.21. The summed E-state index contributed by atoms with van der Waals surface area (Å²) in [5.74, 6) is 0. The highest BCUT2D eigenvalue weighted by Crippen LogP contribution is 2.05. The number of hydrogen-bond donors (Lipinski definition) is 1. The molecule has 0 heterocycles. The molecule has 1 aromatic rings. The van der Waals surface area contributed by atoms with Gasteiger partial charge in [-0.2, -0.15) is 0 Å². The molecule has 0 saturated carbocycles. The minimum atomic E-state index is 1.08. The molecule has 1 rings (SSSR count). The quantitative estimate of drug-likeness (QED) is 0.680. The second kappa shape index (κ2) is 13.6. The number of nitrogens with zero attached hydrogens (tertiary/aromatic N) is 1. The molecule has 0 aromatic heterocycles. The summed E-state index contributed by atoms with van der Waals surface area (Å²) >= 11 is 0. The summed E-state index contributed by atoms with van der Waals surface area (Å²) < 4.78 is 0. The molecule has 0 aliphatic heterocycles. The van der Waals surface area contributed by atoms with Crippen LogP contribution in [0.2, 0.25) is 0 Å². The fourth-order valence-corrected chi connectivity index (χ4v) is 2.03. The number of nitrogens with one attached hydrogen (secondary N) is 1. The lowest BCUT2D eigenvalue weighted by Crippen LogP contribution is -2.28. The third-order valence-corrected chi connectivity index (χ3v) is 2.87. The lowest BCUT2D eigenvalue weighted by molar-refractivity contribution is 0.261. The highest BCUT2D eigenvalue weighted by atomic mass is 15.1. The van der Waals surface area contributed by atoms with E-state index in [0.717, 1.165) is 19.6 Å². The van der Waals surface area contributed by atoms with Crippen LogP contribution in [-0.2, 0) is 6.54 Å². The molecule has 0 aliphatic rings. The maximum atomic E-state index is 3.38. The van der Waals surface area contributed by atoms with Crippen LogP contribution in [0.4, 0.5) is 0 Å². The highest BCUT2D eigenvalue weighted by Gasteiger charge is 2.04. The van der Waals surface area contributed by atoms with Gasteiger partial charge < -0.3 is 5.32 Å². The lowest BCUT2D eigenvalue weighted by atomic mass is 10.2. The van der Waals surface area contributed by atoms with E-state index in [1.54, 1.807) is 0 Å². The average molecular weight is 264 g/mol. The van der Waals surface area contributed by atoms with E-state index in [2.05, 4.69) is 54.4 Å². The van der Waals surface area contributed by atoms with Gasteiger partial charge in [0.05, 0.1) is 0 Å². The van der Waals surface area contributed by atoms with E-state index in [1.807, 2.05) is 13.8 Å². The van der Waals surface area contributed by atoms with Crippen LogP contribution in [0, 0.1) is 0 Å². The Morgan fingerprint density at radius 3 is 2.26 bits per heavy atom. The Morgan fingerprint density at radius 1 is 1.00 bits per heavy atom. The molecule has 0 spiro atoms. The zero-order valence-corrected chi connectivity index (χ0v) is 13.3. The van der Waals surface area contributed by atoms with Gasteiger partial charge in [-0.25, -0.2) is 0 Å². The number of benzene rings is 1. The van der Waals surface area contributed by atoms with Crippen molar-refractivity contribution in [2.75, 3.05) is 26.2 Å². The van der Waals surface area contributed by atoms with Crippen LogP contribution >= 0.6 is 0 Å². The summed E-state index contributed by atoms with van der Waals surface area (Å²) in [6.45, 7) is 14.1. The molecule has 0 atom stereocenters. The van der Waals surface area contributed by atoms with Gasteiger partial charge in [0.15, 0.2) is 0 Å². The fourth-order valence-electron chi connectivity index (χ4n) is 2.03. The molecule has 1 aromatic carbocycles. The van der Waals surface area contributed by atoms with Crippen molar-refractivity contribution < 1.29 is 0 Å². The van der Waals surface area contributed by atoms with Crippen molar-refractivity contribution in [3.05, 3.63) is 35.9 Å². The monoisotopic (exact) mass is 264 g/mol. The van der Waals surface area contributed by atoms with E-state index in [4.69, 9.17) is 0 Å². The van der Waals surface area contributed by atoms with E-state index in [1.165, 1.54) is 31.5 Å². The minimum Gasteiger partial charge on any atom is -0.317 e. The van der Waals surface area contributed by atoms with Gasteiger partial charge in [-0.1, -0.05) is 58.0 Å². The Morgan fingerprint density at radius 2 is 1.68 bits per heavy atom. The predicted molar refractivity (Wildman–Crippen MR) is 86.5 cm³/mol. The summed E-state index contributed by atoms with van der Waals surface area (Å²) in [5.41, 5.74) is 1.42. The Kier molecular flexibility index (Phi) is 13.0. The van der Waals surface area contributed by atoms with Crippen molar-refractivity contribution in [1.82, 2.24) is 10.2 Å². The van der Waals surface area contributed by atoms with Gasteiger partial charge in [-0.05, 0) is 44.6 Å². The van der Waals surface area contributed by atoms with Crippen molar-refractivity contribution in [3.63, 3.8) is 0 Å². The second-order valence-corrected chi connectivity index (χ2v) is 4.47. The van der Waals surface area contributed by atoms with E-state index < -0.39 is 0 Å². The maximum absolute atomic E-state index is 3.38. The Balaban J connectivity index is 0.00000154. The van der Waals surface area contributed by atoms with Crippen LogP contribution in [0.25, 0.3) is 0 Å². The van der Waals surface area contributed by atoms with Gasteiger partial charge in [0, 0.05) is 6.54 Å². The van der Waals surface area contributed by atoms with E-state index >= 15 is 0 Å². The van der Waals surface area contributed by atoms with Crippen LogP contribution in [0.3, 0.4) is 0 Å². The van der Waals surface area contributed by atoms with Crippen LogP contribution in [-0.4, -0.2) is 31.1 Å². The normalized spacial score (nSPS) is 10.2. The van der Waals surface area contributed by atoms with Crippen LogP contribution in [0.15, 0.2) is 30.3 Å². The molecule has 2 nitrogen and oxygen atoms in total. The van der Waals surface area contributed by atoms with Crippen LogP contribution < -0.4 is 5.32 Å². The van der Waals surface area contributed by atoms with Crippen molar-refractivity contribution in [2.45, 2.75) is 47.1 Å². The first-order chi connectivity index (χ1) is 9.36. The molecule has 0 bridgehead atoms. The first kappa shape index (κ1) is 18.1. The summed E-state index contributed by atoms with van der Waals surface area (Å²) in [5, 5.41) is 3.38. The van der Waals surface area contributed by atoms with Crippen molar-refractivity contribution in [1.29, 1.82) is 0 Å². The van der Waals surface area contributed by atoms with Gasteiger partial charge >= 0.3 is 0 Å². The smallest absolute Gasteiger partial charge is 0.0233 e. The molecular weight excluding hydrogens is 232 g/mol. The molecule has 110 valence electrons. The molecule has 1 N–H and O–H groups in total. The maximum Gasteiger partial charge on any atom is 0.0233 e. The van der Waals surface area contributed by atoms with Gasteiger partial charge in [0.1, 0.15) is 0 Å². The predicted octanol–water partition coefficient (Wildman–Crippen LogP) is 3.92. The Labute approximate surface area is 120 Å². The molecule has 0 aliphatic carbocycles. The number of hydrogen-bond acceptors (Lipinski definition) is 2.